The first-order valence-electron chi connectivity index (χ1n) is 7.10. The smallest absolute Gasteiger partial charge is 0.354 e. The van der Waals surface area contributed by atoms with E-state index in [1.165, 1.54) is 37.9 Å². The summed E-state index contributed by atoms with van der Waals surface area (Å²) in [4.78, 5) is 26.2. The molecule has 1 aromatic rings. The Kier molecular flexibility index (Phi) is 5.09. The average Bonchev–Trinajstić information content (AvgIpc) is 2.96. The molecule has 0 aliphatic heterocycles. The predicted octanol–water partition coefficient (Wildman–Crippen LogP) is 2.37. The minimum Gasteiger partial charge on any atom is -0.477 e. The summed E-state index contributed by atoms with van der Waals surface area (Å²) in [5, 5.41) is 11.6. The first kappa shape index (κ1) is 14.5. The van der Waals surface area contributed by atoms with Gasteiger partial charge in [0.05, 0.1) is 0 Å². The second-order valence-corrected chi connectivity index (χ2v) is 5.32. The van der Waals surface area contributed by atoms with E-state index < -0.39 is 5.97 Å². The first-order chi connectivity index (χ1) is 9.65. The number of nitrogens with zero attached hydrogens (tertiary/aromatic N) is 1. The fourth-order valence-corrected chi connectivity index (χ4v) is 2.58. The van der Waals surface area contributed by atoms with Gasteiger partial charge in [-0.25, -0.2) is 9.78 Å². The lowest BCUT2D eigenvalue weighted by molar-refractivity contribution is -0.121. The molecule has 20 heavy (non-hydrogen) atoms. The van der Waals surface area contributed by atoms with Crippen molar-refractivity contribution < 1.29 is 14.7 Å². The number of amides is 1. The molecule has 0 atom stereocenters. The fraction of sp³-hybridized carbons (Fsp3) is 0.533. The van der Waals surface area contributed by atoms with Gasteiger partial charge in [-0.3, -0.25) is 4.79 Å². The molecule has 1 aromatic heterocycles. The number of carboxylic acids is 1. The maximum atomic E-state index is 11.7. The molecule has 1 saturated carbocycles. The molecule has 5 nitrogen and oxygen atoms in total. The van der Waals surface area contributed by atoms with Crippen LogP contribution in [0, 0.1) is 5.92 Å². The zero-order chi connectivity index (χ0) is 14.4. The van der Waals surface area contributed by atoms with Crippen LogP contribution in [0.25, 0.3) is 0 Å². The molecule has 1 aliphatic carbocycles. The van der Waals surface area contributed by atoms with Crippen molar-refractivity contribution in [2.45, 2.75) is 45.1 Å². The Balaban J connectivity index is 1.70. The SMILES string of the molecule is O=C(CCC1CCCC1)NCc1ccc(C(=O)O)nc1. The number of carbonyl (C=O) groups excluding carboxylic acids is 1. The second kappa shape index (κ2) is 7.03. The number of carbonyl (C=O) groups is 2. The number of aromatic nitrogens is 1. The molecular weight excluding hydrogens is 256 g/mol. The Hall–Kier alpha value is -1.91. The summed E-state index contributed by atoms with van der Waals surface area (Å²) in [5.74, 6) is -0.270. The number of hydrogen-bond donors (Lipinski definition) is 2. The van der Waals surface area contributed by atoms with Crippen molar-refractivity contribution in [1.82, 2.24) is 10.3 Å². The average molecular weight is 276 g/mol. The monoisotopic (exact) mass is 276 g/mol. The summed E-state index contributed by atoms with van der Waals surface area (Å²) in [6, 6.07) is 3.12. The molecule has 1 aliphatic rings. The van der Waals surface area contributed by atoms with E-state index in [9.17, 15) is 9.59 Å². The molecule has 2 rings (SSSR count). The molecule has 108 valence electrons. The van der Waals surface area contributed by atoms with Gasteiger partial charge in [-0.15, -0.1) is 0 Å². The normalized spacial score (nSPS) is 15.2. The van der Waals surface area contributed by atoms with Gasteiger partial charge in [0, 0.05) is 19.2 Å². The van der Waals surface area contributed by atoms with Gasteiger partial charge >= 0.3 is 5.97 Å². The molecule has 2 N–H and O–H groups in total. The lowest BCUT2D eigenvalue weighted by Crippen LogP contribution is -2.23. The third kappa shape index (κ3) is 4.33. The molecule has 1 amide bonds. The molecule has 0 unspecified atom stereocenters. The molecule has 0 saturated heterocycles. The maximum absolute atomic E-state index is 11.7. The number of pyridine rings is 1. The van der Waals surface area contributed by atoms with Crippen molar-refractivity contribution >= 4 is 11.9 Å². The van der Waals surface area contributed by atoms with Crippen LogP contribution < -0.4 is 5.32 Å². The van der Waals surface area contributed by atoms with Crippen LogP contribution in [0.4, 0.5) is 0 Å². The van der Waals surface area contributed by atoms with Gasteiger partial charge in [0.2, 0.25) is 5.91 Å². The van der Waals surface area contributed by atoms with E-state index in [4.69, 9.17) is 5.11 Å². The van der Waals surface area contributed by atoms with Crippen LogP contribution >= 0.6 is 0 Å². The Morgan fingerprint density at radius 3 is 2.65 bits per heavy atom. The third-order valence-corrected chi connectivity index (χ3v) is 3.79. The fourth-order valence-electron chi connectivity index (χ4n) is 2.58. The van der Waals surface area contributed by atoms with Crippen LogP contribution in [0.1, 0.15) is 54.6 Å². The highest BCUT2D eigenvalue weighted by atomic mass is 16.4. The van der Waals surface area contributed by atoms with Crippen LogP contribution in [0.3, 0.4) is 0 Å². The van der Waals surface area contributed by atoms with E-state index in [1.54, 1.807) is 6.07 Å². The van der Waals surface area contributed by atoms with Crippen molar-refractivity contribution in [1.29, 1.82) is 0 Å². The largest absolute Gasteiger partial charge is 0.477 e. The van der Waals surface area contributed by atoms with Gasteiger partial charge in [0.15, 0.2) is 0 Å². The van der Waals surface area contributed by atoms with Gasteiger partial charge < -0.3 is 10.4 Å². The zero-order valence-electron chi connectivity index (χ0n) is 11.5. The number of carboxylic acid groups (broad SMARTS) is 1. The summed E-state index contributed by atoms with van der Waals surface area (Å²) < 4.78 is 0. The minimum atomic E-state index is -1.04. The van der Waals surface area contributed by atoms with Crippen LogP contribution in [0.15, 0.2) is 18.3 Å². The molecule has 0 radical (unpaired) electrons. The second-order valence-electron chi connectivity index (χ2n) is 5.32. The van der Waals surface area contributed by atoms with Crippen LogP contribution in [-0.2, 0) is 11.3 Å². The van der Waals surface area contributed by atoms with Crippen LogP contribution in [0.2, 0.25) is 0 Å². The molecule has 1 fully saturated rings. The molecule has 5 heteroatoms. The number of rotatable bonds is 6. The summed E-state index contributed by atoms with van der Waals surface area (Å²) in [5.41, 5.74) is 0.825. The lowest BCUT2D eigenvalue weighted by Gasteiger charge is -2.09. The van der Waals surface area contributed by atoms with Crippen LogP contribution in [0.5, 0.6) is 0 Å². The van der Waals surface area contributed by atoms with E-state index in [-0.39, 0.29) is 11.6 Å². The van der Waals surface area contributed by atoms with Crippen molar-refractivity contribution in [3.63, 3.8) is 0 Å². The summed E-state index contributed by atoms with van der Waals surface area (Å²) in [7, 11) is 0. The topological polar surface area (TPSA) is 79.3 Å². The minimum absolute atomic E-state index is 0.0151. The van der Waals surface area contributed by atoms with E-state index >= 15 is 0 Å². The molecular formula is C15H20N2O3. The highest BCUT2D eigenvalue weighted by Gasteiger charge is 2.16. The van der Waals surface area contributed by atoms with Gasteiger partial charge in [-0.1, -0.05) is 31.7 Å². The quantitative estimate of drug-likeness (QED) is 0.836. The van der Waals surface area contributed by atoms with Crippen molar-refractivity contribution in [2.24, 2.45) is 5.92 Å². The maximum Gasteiger partial charge on any atom is 0.354 e. The summed E-state index contributed by atoms with van der Waals surface area (Å²) in [6.45, 7) is 0.399. The van der Waals surface area contributed by atoms with E-state index in [2.05, 4.69) is 10.3 Å². The van der Waals surface area contributed by atoms with E-state index in [0.29, 0.717) is 13.0 Å². The van der Waals surface area contributed by atoms with Crippen molar-refractivity contribution in [3.8, 4) is 0 Å². The number of aromatic carboxylic acids is 1. The first-order valence-corrected chi connectivity index (χ1v) is 7.10. The molecule has 0 spiro atoms. The summed E-state index contributed by atoms with van der Waals surface area (Å²) >= 11 is 0. The van der Waals surface area contributed by atoms with Gasteiger partial charge in [0.25, 0.3) is 0 Å². The Morgan fingerprint density at radius 1 is 1.30 bits per heavy atom. The Morgan fingerprint density at radius 2 is 2.05 bits per heavy atom. The predicted molar refractivity (Wildman–Crippen MR) is 74.2 cm³/mol. The highest BCUT2D eigenvalue weighted by Crippen LogP contribution is 2.28. The zero-order valence-corrected chi connectivity index (χ0v) is 11.5. The van der Waals surface area contributed by atoms with Gasteiger partial charge in [-0.2, -0.15) is 0 Å². The Labute approximate surface area is 118 Å². The Bertz CT molecular complexity index is 465. The van der Waals surface area contributed by atoms with Gasteiger partial charge in [0.1, 0.15) is 5.69 Å². The van der Waals surface area contributed by atoms with E-state index in [1.807, 2.05) is 0 Å². The van der Waals surface area contributed by atoms with E-state index in [0.717, 1.165) is 17.9 Å². The van der Waals surface area contributed by atoms with Crippen molar-refractivity contribution in [2.75, 3.05) is 0 Å². The lowest BCUT2D eigenvalue weighted by atomic mass is 10.0. The molecule has 0 bridgehead atoms. The number of hydrogen-bond acceptors (Lipinski definition) is 3. The molecule has 0 aromatic carbocycles. The third-order valence-electron chi connectivity index (χ3n) is 3.79. The van der Waals surface area contributed by atoms with Crippen molar-refractivity contribution in [3.05, 3.63) is 29.6 Å². The number of nitrogens with one attached hydrogen (secondary N) is 1. The standard InChI is InChI=1S/C15H20N2O3/c18-14(8-6-11-3-1-2-4-11)17-10-12-5-7-13(15(19)20)16-9-12/h5,7,9,11H,1-4,6,8,10H2,(H,17,18)(H,19,20). The highest BCUT2D eigenvalue weighted by molar-refractivity contribution is 5.85. The van der Waals surface area contributed by atoms with Crippen LogP contribution in [-0.4, -0.2) is 22.0 Å². The molecule has 1 heterocycles. The summed E-state index contributed by atoms with van der Waals surface area (Å²) in [6.07, 6.45) is 8.15. The van der Waals surface area contributed by atoms with Gasteiger partial charge in [-0.05, 0) is 24.0 Å².